The predicted molar refractivity (Wildman–Crippen MR) is 116 cm³/mol. The maximum atomic E-state index is 12.9. The van der Waals surface area contributed by atoms with E-state index < -0.39 is 11.5 Å². The third-order valence-corrected chi connectivity index (χ3v) is 5.36. The van der Waals surface area contributed by atoms with Gasteiger partial charge in [-0.2, -0.15) is 0 Å². The third kappa shape index (κ3) is 4.10. The first-order valence-corrected chi connectivity index (χ1v) is 10.2. The number of aromatic nitrogens is 3. The number of benzene rings is 2. The van der Waals surface area contributed by atoms with Gasteiger partial charge in [0.2, 0.25) is 11.6 Å². The van der Waals surface area contributed by atoms with Gasteiger partial charge in [-0.25, -0.2) is 0 Å². The molecule has 1 aliphatic rings. The van der Waals surface area contributed by atoms with Crippen LogP contribution < -0.4 is 15.8 Å². The van der Waals surface area contributed by atoms with Gasteiger partial charge >= 0.3 is 0 Å². The summed E-state index contributed by atoms with van der Waals surface area (Å²) >= 11 is 0. The van der Waals surface area contributed by atoms with Crippen LogP contribution in [0.4, 0.5) is 11.6 Å². The molecular weight excluding hydrogens is 378 g/mol. The second-order valence-corrected chi connectivity index (χ2v) is 7.69. The molecule has 3 aromatic rings. The molecule has 1 aliphatic heterocycles. The van der Waals surface area contributed by atoms with E-state index in [1.807, 2.05) is 61.2 Å². The monoisotopic (exact) mass is 403 g/mol. The zero-order valence-electron chi connectivity index (χ0n) is 17.2. The average molecular weight is 403 g/mol. The molecule has 2 aromatic carbocycles. The summed E-state index contributed by atoms with van der Waals surface area (Å²) < 4.78 is 1.52. The van der Waals surface area contributed by atoms with Crippen LogP contribution in [-0.2, 0) is 13.0 Å². The molecule has 1 aromatic heterocycles. The largest absolute Gasteiger partial charge is 0.348 e. The first-order valence-electron chi connectivity index (χ1n) is 10.2. The Bertz CT molecular complexity index is 1090. The minimum absolute atomic E-state index is 0.0822. The van der Waals surface area contributed by atoms with E-state index in [1.165, 1.54) is 10.1 Å². The number of hydrogen-bond donors (Lipinski definition) is 1. The number of carbonyl (C=O) groups is 1. The Morgan fingerprint density at radius 2 is 1.80 bits per heavy atom. The highest BCUT2D eigenvalue weighted by Crippen LogP contribution is 2.26. The lowest BCUT2D eigenvalue weighted by molar-refractivity contribution is 0.0930. The van der Waals surface area contributed by atoms with Crippen molar-refractivity contribution in [3.63, 3.8) is 0 Å². The lowest BCUT2D eigenvalue weighted by Gasteiger charge is -2.17. The van der Waals surface area contributed by atoms with Crippen LogP contribution in [0.25, 0.3) is 0 Å². The van der Waals surface area contributed by atoms with Crippen molar-refractivity contribution < 1.29 is 4.79 Å². The molecule has 1 unspecified atom stereocenters. The number of nitrogens with zero attached hydrogens (tertiary/aromatic N) is 4. The Labute approximate surface area is 175 Å². The Kier molecular flexibility index (Phi) is 5.61. The number of rotatable bonds is 6. The van der Waals surface area contributed by atoms with E-state index in [-0.39, 0.29) is 11.7 Å². The maximum absolute atomic E-state index is 12.9. The van der Waals surface area contributed by atoms with Gasteiger partial charge < -0.3 is 10.2 Å². The van der Waals surface area contributed by atoms with Crippen molar-refractivity contribution in [1.29, 1.82) is 0 Å². The molecule has 1 N–H and O–H groups in total. The molecule has 0 aliphatic carbocycles. The number of hydrogen-bond acceptors (Lipinski definition) is 5. The summed E-state index contributed by atoms with van der Waals surface area (Å²) in [6, 6.07) is 18.0. The summed E-state index contributed by atoms with van der Waals surface area (Å²) in [4.78, 5) is 27.4. The number of carbonyl (C=O) groups excluding carboxylic acids is 1. The van der Waals surface area contributed by atoms with Gasteiger partial charge in [-0.1, -0.05) is 48.0 Å². The van der Waals surface area contributed by atoms with E-state index in [9.17, 15) is 9.59 Å². The van der Waals surface area contributed by atoms with E-state index in [4.69, 9.17) is 0 Å². The third-order valence-electron chi connectivity index (χ3n) is 5.36. The maximum Gasteiger partial charge on any atom is 0.286 e. The second kappa shape index (κ2) is 8.49. The number of nitrogens with one attached hydrogen (secondary N) is 1. The molecule has 0 saturated heterocycles. The van der Waals surface area contributed by atoms with Crippen LogP contribution >= 0.6 is 0 Å². The molecule has 1 amide bonds. The van der Waals surface area contributed by atoms with Gasteiger partial charge in [0.25, 0.3) is 11.5 Å². The smallest absolute Gasteiger partial charge is 0.286 e. The minimum Gasteiger partial charge on any atom is -0.348 e. The lowest BCUT2D eigenvalue weighted by atomic mass is 10.1. The fraction of sp³-hybridized carbons (Fsp3) is 0.304. The molecule has 0 radical (unpaired) electrons. The van der Waals surface area contributed by atoms with Gasteiger partial charge in [-0.15, -0.1) is 10.2 Å². The van der Waals surface area contributed by atoms with E-state index in [2.05, 4.69) is 27.6 Å². The highest BCUT2D eigenvalue weighted by molar-refractivity contribution is 5.92. The zero-order valence-corrected chi connectivity index (χ0v) is 17.2. The van der Waals surface area contributed by atoms with Gasteiger partial charge in [-0.3, -0.25) is 14.2 Å². The van der Waals surface area contributed by atoms with Crippen LogP contribution in [0.3, 0.4) is 0 Å². The van der Waals surface area contributed by atoms with Crippen molar-refractivity contribution in [2.24, 2.45) is 0 Å². The fourth-order valence-corrected chi connectivity index (χ4v) is 3.62. The molecule has 0 spiro atoms. The number of anilines is 2. The highest BCUT2D eigenvalue weighted by atomic mass is 16.2. The topological polar surface area (TPSA) is 80.1 Å². The zero-order chi connectivity index (χ0) is 21.1. The molecule has 154 valence electrons. The standard InChI is InChI=1S/C23H25N5O2/c1-16-8-12-19(13-9-16)27-14-15-28-22(30)20(25-26-23(27)28)21(29)24-17(2)10-11-18-6-4-3-5-7-18/h3-9,12-13,17H,10-11,14-15H2,1-2H3,(H,24,29). The van der Waals surface area contributed by atoms with Gasteiger partial charge in [0.1, 0.15) is 0 Å². The van der Waals surface area contributed by atoms with Crippen molar-refractivity contribution >= 4 is 17.5 Å². The molecular formula is C23H25N5O2. The lowest BCUT2D eigenvalue weighted by Crippen LogP contribution is -2.39. The van der Waals surface area contributed by atoms with Gasteiger partial charge in [0.05, 0.1) is 0 Å². The summed E-state index contributed by atoms with van der Waals surface area (Å²) in [5.41, 5.74) is 2.77. The van der Waals surface area contributed by atoms with E-state index in [0.29, 0.717) is 19.0 Å². The quantitative estimate of drug-likeness (QED) is 0.685. The fourth-order valence-electron chi connectivity index (χ4n) is 3.62. The summed E-state index contributed by atoms with van der Waals surface area (Å²) in [7, 11) is 0. The molecule has 0 saturated carbocycles. The first-order chi connectivity index (χ1) is 14.5. The summed E-state index contributed by atoms with van der Waals surface area (Å²) in [6.07, 6.45) is 1.62. The van der Waals surface area contributed by atoms with Gasteiger partial charge in [0, 0.05) is 24.8 Å². The van der Waals surface area contributed by atoms with Crippen molar-refractivity contribution in [2.75, 3.05) is 11.4 Å². The molecule has 30 heavy (non-hydrogen) atoms. The first kappa shape index (κ1) is 19.8. The Hall–Kier alpha value is -3.48. The molecule has 0 fully saturated rings. The van der Waals surface area contributed by atoms with E-state index in [0.717, 1.165) is 24.1 Å². The highest BCUT2D eigenvalue weighted by Gasteiger charge is 2.27. The molecule has 4 rings (SSSR count). The van der Waals surface area contributed by atoms with E-state index in [1.54, 1.807) is 0 Å². The summed E-state index contributed by atoms with van der Waals surface area (Å²) in [6.45, 7) is 5.04. The van der Waals surface area contributed by atoms with Gasteiger partial charge in [0.15, 0.2) is 0 Å². The van der Waals surface area contributed by atoms with Crippen molar-refractivity contribution in [2.45, 2.75) is 39.3 Å². The Morgan fingerprint density at radius 3 is 2.53 bits per heavy atom. The van der Waals surface area contributed by atoms with Crippen molar-refractivity contribution in [3.8, 4) is 0 Å². The predicted octanol–water partition coefficient (Wildman–Crippen LogP) is 2.85. The number of amides is 1. The van der Waals surface area contributed by atoms with E-state index >= 15 is 0 Å². The van der Waals surface area contributed by atoms with Crippen LogP contribution in [0, 0.1) is 6.92 Å². The van der Waals surface area contributed by atoms with Crippen LogP contribution in [-0.4, -0.2) is 33.3 Å². The molecule has 7 heteroatoms. The van der Waals surface area contributed by atoms with Crippen LogP contribution in [0.15, 0.2) is 59.4 Å². The summed E-state index contributed by atoms with van der Waals surface area (Å²) in [5, 5.41) is 11.1. The van der Waals surface area contributed by atoms with Gasteiger partial charge in [-0.05, 0) is 44.4 Å². The number of aryl methyl sites for hydroxylation is 2. The SMILES string of the molecule is Cc1ccc(N2CCn3c2nnc(C(=O)NC(C)CCc2ccccc2)c3=O)cc1. The Morgan fingerprint density at radius 1 is 1.07 bits per heavy atom. The normalized spacial score (nSPS) is 13.7. The Balaban J connectivity index is 1.46. The van der Waals surface area contributed by atoms with Crippen LogP contribution in [0.5, 0.6) is 0 Å². The molecule has 1 atom stereocenters. The average Bonchev–Trinajstić information content (AvgIpc) is 3.19. The molecule has 2 heterocycles. The van der Waals surface area contributed by atoms with Crippen LogP contribution in [0.2, 0.25) is 0 Å². The van der Waals surface area contributed by atoms with Crippen LogP contribution in [0.1, 0.15) is 35.0 Å². The number of fused-ring (bicyclic) bond motifs is 1. The summed E-state index contributed by atoms with van der Waals surface area (Å²) in [5.74, 6) is -0.00493. The molecule has 0 bridgehead atoms. The second-order valence-electron chi connectivity index (χ2n) is 7.69. The minimum atomic E-state index is -0.475. The molecule has 7 nitrogen and oxygen atoms in total. The van der Waals surface area contributed by atoms with Crippen molar-refractivity contribution in [1.82, 2.24) is 20.1 Å². The van der Waals surface area contributed by atoms with Crippen molar-refractivity contribution in [3.05, 3.63) is 81.8 Å².